The highest BCUT2D eigenvalue weighted by Gasteiger charge is 2.34. The van der Waals surface area contributed by atoms with Crippen LogP contribution in [-0.2, 0) is 6.18 Å². The molecule has 0 bridgehead atoms. The zero-order valence-corrected chi connectivity index (χ0v) is 11.6. The van der Waals surface area contributed by atoms with E-state index >= 15 is 0 Å². The summed E-state index contributed by atoms with van der Waals surface area (Å²) in [7, 11) is 1.61. The molecule has 0 spiro atoms. The van der Waals surface area contributed by atoms with Gasteiger partial charge in [-0.2, -0.15) is 13.2 Å². The molecular formula is C14H11ClF4N2. The van der Waals surface area contributed by atoms with Crippen LogP contribution >= 0.6 is 11.6 Å². The number of pyridine rings is 1. The smallest absolute Gasteiger partial charge is 0.309 e. The molecule has 21 heavy (non-hydrogen) atoms. The van der Waals surface area contributed by atoms with E-state index in [4.69, 9.17) is 11.6 Å². The Bertz CT molecular complexity index is 643. The SMILES string of the molecule is CNC(c1ccc(C(F)(F)F)c(F)c1)c1ccncc1Cl. The molecule has 1 aromatic heterocycles. The van der Waals surface area contributed by atoms with Crippen LogP contribution in [-0.4, -0.2) is 12.0 Å². The molecule has 1 aromatic carbocycles. The highest BCUT2D eigenvalue weighted by atomic mass is 35.5. The fourth-order valence-electron chi connectivity index (χ4n) is 2.06. The summed E-state index contributed by atoms with van der Waals surface area (Å²) in [4.78, 5) is 3.84. The second-order valence-corrected chi connectivity index (χ2v) is 4.76. The number of halogens is 5. The first kappa shape index (κ1) is 15.7. The first-order chi connectivity index (χ1) is 9.84. The van der Waals surface area contributed by atoms with Gasteiger partial charge in [-0.15, -0.1) is 0 Å². The predicted octanol–water partition coefficient (Wildman–Crippen LogP) is 4.20. The van der Waals surface area contributed by atoms with E-state index in [0.717, 1.165) is 12.1 Å². The van der Waals surface area contributed by atoms with Gasteiger partial charge in [-0.05, 0) is 36.4 Å². The van der Waals surface area contributed by atoms with E-state index in [9.17, 15) is 17.6 Å². The summed E-state index contributed by atoms with van der Waals surface area (Å²) in [5.41, 5.74) is -0.341. The molecular weight excluding hydrogens is 308 g/mol. The van der Waals surface area contributed by atoms with E-state index in [0.29, 0.717) is 16.1 Å². The molecule has 1 atom stereocenters. The minimum Gasteiger partial charge on any atom is -0.309 e. The van der Waals surface area contributed by atoms with Gasteiger partial charge in [0, 0.05) is 12.4 Å². The molecule has 0 saturated heterocycles. The highest BCUT2D eigenvalue weighted by Crippen LogP contribution is 2.34. The Hall–Kier alpha value is -1.66. The third-order valence-corrected chi connectivity index (χ3v) is 3.35. The quantitative estimate of drug-likeness (QED) is 0.858. The maximum absolute atomic E-state index is 13.7. The average Bonchev–Trinajstić information content (AvgIpc) is 2.40. The van der Waals surface area contributed by atoms with Crippen molar-refractivity contribution in [3.63, 3.8) is 0 Å². The number of nitrogens with zero attached hydrogens (tertiary/aromatic N) is 1. The number of nitrogens with one attached hydrogen (secondary N) is 1. The maximum Gasteiger partial charge on any atom is 0.419 e. The fourth-order valence-corrected chi connectivity index (χ4v) is 2.29. The molecule has 2 aromatic rings. The lowest BCUT2D eigenvalue weighted by Gasteiger charge is -2.19. The Balaban J connectivity index is 2.45. The first-order valence-corrected chi connectivity index (χ1v) is 6.35. The third kappa shape index (κ3) is 3.33. The molecule has 112 valence electrons. The van der Waals surface area contributed by atoms with Crippen molar-refractivity contribution in [3.05, 3.63) is 64.2 Å². The molecule has 0 aliphatic rings. The van der Waals surface area contributed by atoms with Gasteiger partial charge < -0.3 is 5.32 Å². The lowest BCUT2D eigenvalue weighted by Crippen LogP contribution is -2.19. The topological polar surface area (TPSA) is 24.9 Å². The Kier molecular flexibility index (Phi) is 4.49. The van der Waals surface area contributed by atoms with Gasteiger partial charge >= 0.3 is 6.18 Å². The monoisotopic (exact) mass is 318 g/mol. The van der Waals surface area contributed by atoms with E-state index in [1.807, 2.05) is 0 Å². The zero-order valence-electron chi connectivity index (χ0n) is 10.9. The number of hydrogen-bond donors (Lipinski definition) is 1. The van der Waals surface area contributed by atoms with Crippen LogP contribution in [0.3, 0.4) is 0 Å². The molecule has 1 heterocycles. The highest BCUT2D eigenvalue weighted by molar-refractivity contribution is 6.31. The maximum atomic E-state index is 13.7. The standard InChI is InChI=1S/C14H11ClF4N2/c1-20-13(9-4-5-21-7-11(9)15)8-2-3-10(12(16)6-8)14(17,18)19/h2-7,13,20H,1H3. The van der Waals surface area contributed by atoms with Crippen LogP contribution in [0.25, 0.3) is 0 Å². The molecule has 0 aliphatic carbocycles. The van der Waals surface area contributed by atoms with Crippen LogP contribution in [0.1, 0.15) is 22.7 Å². The normalized spacial score (nSPS) is 13.2. The largest absolute Gasteiger partial charge is 0.419 e. The van der Waals surface area contributed by atoms with E-state index in [1.165, 1.54) is 18.5 Å². The number of rotatable bonds is 3. The average molecular weight is 319 g/mol. The molecule has 0 radical (unpaired) electrons. The van der Waals surface area contributed by atoms with E-state index in [-0.39, 0.29) is 0 Å². The first-order valence-electron chi connectivity index (χ1n) is 5.98. The number of benzene rings is 1. The Morgan fingerprint density at radius 1 is 1.24 bits per heavy atom. The van der Waals surface area contributed by atoms with Crippen molar-refractivity contribution in [2.45, 2.75) is 12.2 Å². The van der Waals surface area contributed by atoms with E-state index < -0.39 is 23.6 Å². The zero-order chi connectivity index (χ0) is 15.6. The van der Waals surface area contributed by atoms with Gasteiger partial charge in [-0.3, -0.25) is 4.98 Å². The van der Waals surface area contributed by atoms with Gasteiger partial charge in [-0.1, -0.05) is 17.7 Å². The number of aromatic nitrogens is 1. The van der Waals surface area contributed by atoms with Crippen LogP contribution in [0.4, 0.5) is 17.6 Å². The summed E-state index contributed by atoms with van der Waals surface area (Å²) >= 11 is 6.02. The van der Waals surface area contributed by atoms with Gasteiger partial charge in [0.15, 0.2) is 0 Å². The molecule has 2 nitrogen and oxygen atoms in total. The summed E-state index contributed by atoms with van der Waals surface area (Å²) in [6.07, 6.45) is -1.79. The lowest BCUT2D eigenvalue weighted by atomic mass is 9.98. The van der Waals surface area contributed by atoms with Crippen molar-refractivity contribution in [2.24, 2.45) is 0 Å². The molecule has 0 fully saturated rings. The van der Waals surface area contributed by atoms with Crippen molar-refractivity contribution in [1.29, 1.82) is 0 Å². The van der Waals surface area contributed by atoms with Crippen molar-refractivity contribution in [1.82, 2.24) is 10.3 Å². The van der Waals surface area contributed by atoms with E-state index in [2.05, 4.69) is 10.3 Å². The van der Waals surface area contributed by atoms with Gasteiger partial charge in [0.2, 0.25) is 0 Å². The van der Waals surface area contributed by atoms with Crippen molar-refractivity contribution >= 4 is 11.6 Å². The molecule has 0 saturated carbocycles. The molecule has 2 rings (SSSR count). The molecule has 1 unspecified atom stereocenters. The van der Waals surface area contributed by atoms with Crippen LogP contribution in [0.5, 0.6) is 0 Å². The molecule has 1 N–H and O–H groups in total. The Labute approximate surface area is 123 Å². The van der Waals surface area contributed by atoms with Gasteiger partial charge in [0.05, 0.1) is 16.6 Å². The molecule has 7 heteroatoms. The lowest BCUT2D eigenvalue weighted by molar-refractivity contribution is -0.140. The van der Waals surface area contributed by atoms with Gasteiger partial charge in [0.25, 0.3) is 0 Å². The molecule has 0 amide bonds. The second kappa shape index (κ2) is 5.99. The van der Waals surface area contributed by atoms with Gasteiger partial charge in [0.1, 0.15) is 5.82 Å². The summed E-state index contributed by atoms with van der Waals surface area (Å²) in [6, 6.07) is 3.91. The summed E-state index contributed by atoms with van der Waals surface area (Å²) in [6.45, 7) is 0. The number of alkyl halides is 3. The minimum atomic E-state index is -4.72. The molecule has 0 aliphatic heterocycles. The fraction of sp³-hybridized carbons (Fsp3) is 0.214. The minimum absolute atomic E-state index is 0.344. The van der Waals surface area contributed by atoms with Crippen LogP contribution < -0.4 is 5.32 Å². The number of hydrogen-bond acceptors (Lipinski definition) is 2. The Morgan fingerprint density at radius 2 is 1.95 bits per heavy atom. The van der Waals surface area contributed by atoms with Crippen LogP contribution in [0.2, 0.25) is 5.02 Å². The summed E-state index contributed by atoms with van der Waals surface area (Å²) in [5, 5.41) is 3.25. The third-order valence-electron chi connectivity index (χ3n) is 3.04. The predicted molar refractivity (Wildman–Crippen MR) is 71.6 cm³/mol. The Morgan fingerprint density at radius 3 is 2.48 bits per heavy atom. The summed E-state index contributed by atoms with van der Waals surface area (Å²) < 4.78 is 51.4. The second-order valence-electron chi connectivity index (χ2n) is 4.36. The van der Waals surface area contributed by atoms with Crippen LogP contribution in [0.15, 0.2) is 36.7 Å². The van der Waals surface area contributed by atoms with Crippen molar-refractivity contribution < 1.29 is 17.6 Å². The van der Waals surface area contributed by atoms with Gasteiger partial charge in [-0.25, -0.2) is 4.39 Å². The van der Waals surface area contributed by atoms with E-state index in [1.54, 1.807) is 13.1 Å². The van der Waals surface area contributed by atoms with Crippen molar-refractivity contribution in [3.8, 4) is 0 Å². The van der Waals surface area contributed by atoms with Crippen LogP contribution in [0, 0.1) is 5.82 Å². The van der Waals surface area contributed by atoms with Crippen molar-refractivity contribution in [2.75, 3.05) is 7.05 Å². The summed E-state index contributed by atoms with van der Waals surface area (Å²) in [5.74, 6) is -1.31.